The number of methoxy groups -OCH3 is 1. The molecule has 0 heterocycles. The summed E-state index contributed by atoms with van der Waals surface area (Å²) in [5.41, 5.74) is 4.42. The van der Waals surface area contributed by atoms with Gasteiger partial charge >= 0.3 is 0 Å². The van der Waals surface area contributed by atoms with E-state index in [-0.39, 0.29) is 6.61 Å². The molecule has 1 unspecified atom stereocenters. The second-order valence-corrected chi connectivity index (χ2v) is 4.50. The molecule has 0 aliphatic rings. The number of aliphatic hydroxyl groups is 2. The molecule has 1 aromatic rings. The van der Waals surface area contributed by atoms with Gasteiger partial charge in [-0.15, -0.1) is 6.58 Å². The third kappa shape index (κ3) is 2.42. The average molecular weight is 250 g/mol. The lowest BCUT2D eigenvalue weighted by atomic mass is 9.88. The van der Waals surface area contributed by atoms with Crippen LogP contribution in [-0.2, 0) is 6.61 Å². The number of ether oxygens (including phenoxy) is 1. The fourth-order valence-corrected chi connectivity index (χ4v) is 2.47. The Morgan fingerprint density at radius 1 is 1.22 bits per heavy atom. The molecule has 1 aromatic carbocycles. The summed E-state index contributed by atoms with van der Waals surface area (Å²) in [6.45, 7) is 9.37. The lowest BCUT2D eigenvalue weighted by molar-refractivity contribution is 0.175. The molecule has 1 rings (SSSR count). The van der Waals surface area contributed by atoms with E-state index in [2.05, 4.69) is 6.58 Å². The molecule has 1 atom stereocenters. The summed E-state index contributed by atoms with van der Waals surface area (Å²) in [6.07, 6.45) is 1.48. The van der Waals surface area contributed by atoms with Gasteiger partial charge in [0.05, 0.1) is 19.8 Å². The van der Waals surface area contributed by atoms with E-state index in [9.17, 15) is 10.2 Å². The van der Waals surface area contributed by atoms with Crippen LogP contribution in [0.4, 0.5) is 0 Å². The highest BCUT2D eigenvalue weighted by molar-refractivity contribution is 5.55. The predicted molar refractivity (Wildman–Crippen MR) is 72.9 cm³/mol. The first kappa shape index (κ1) is 14.7. The summed E-state index contributed by atoms with van der Waals surface area (Å²) in [7, 11) is 1.62. The Labute approximate surface area is 109 Å². The fraction of sp³-hybridized carbons (Fsp3) is 0.467. The van der Waals surface area contributed by atoms with Crippen molar-refractivity contribution in [2.45, 2.75) is 39.9 Å². The van der Waals surface area contributed by atoms with Gasteiger partial charge < -0.3 is 14.9 Å². The van der Waals surface area contributed by atoms with Crippen LogP contribution in [0.2, 0.25) is 0 Å². The zero-order valence-corrected chi connectivity index (χ0v) is 11.6. The summed E-state index contributed by atoms with van der Waals surface area (Å²) in [5.74, 6) is 0.780. The van der Waals surface area contributed by atoms with Crippen molar-refractivity contribution in [3.8, 4) is 5.75 Å². The molecule has 0 aliphatic heterocycles. The Morgan fingerprint density at radius 3 is 2.28 bits per heavy atom. The van der Waals surface area contributed by atoms with Crippen molar-refractivity contribution in [2.75, 3.05) is 7.11 Å². The molecule has 2 N–H and O–H groups in total. The number of hydrogen-bond acceptors (Lipinski definition) is 3. The Hall–Kier alpha value is -1.32. The van der Waals surface area contributed by atoms with Crippen molar-refractivity contribution in [1.29, 1.82) is 0 Å². The van der Waals surface area contributed by atoms with Crippen LogP contribution in [0.3, 0.4) is 0 Å². The summed E-state index contributed by atoms with van der Waals surface area (Å²) in [6, 6.07) is 0. The Morgan fingerprint density at radius 2 is 1.83 bits per heavy atom. The van der Waals surface area contributed by atoms with Crippen LogP contribution in [0.1, 0.15) is 40.3 Å². The third-order valence-corrected chi connectivity index (χ3v) is 3.51. The van der Waals surface area contributed by atoms with Crippen LogP contribution in [0, 0.1) is 20.8 Å². The minimum atomic E-state index is -0.655. The van der Waals surface area contributed by atoms with E-state index >= 15 is 0 Å². The molecule has 0 radical (unpaired) electrons. The molecule has 18 heavy (non-hydrogen) atoms. The molecule has 0 aromatic heterocycles. The van der Waals surface area contributed by atoms with Gasteiger partial charge in [0, 0.05) is 0 Å². The second kappa shape index (κ2) is 6.03. The van der Waals surface area contributed by atoms with Gasteiger partial charge in [-0.2, -0.15) is 0 Å². The van der Waals surface area contributed by atoms with E-state index in [0.29, 0.717) is 6.42 Å². The number of hydrogen-bond donors (Lipinski definition) is 2. The molecule has 0 bridgehead atoms. The summed E-state index contributed by atoms with van der Waals surface area (Å²) in [5, 5.41) is 19.8. The minimum Gasteiger partial charge on any atom is -0.496 e. The van der Waals surface area contributed by atoms with Crippen molar-refractivity contribution < 1.29 is 14.9 Å². The van der Waals surface area contributed by atoms with Crippen LogP contribution < -0.4 is 4.74 Å². The monoisotopic (exact) mass is 250 g/mol. The second-order valence-electron chi connectivity index (χ2n) is 4.50. The van der Waals surface area contributed by atoms with Crippen molar-refractivity contribution >= 4 is 0 Å². The van der Waals surface area contributed by atoms with E-state index in [1.54, 1.807) is 13.2 Å². The highest BCUT2D eigenvalue weighted by Gasteiger charge is 2.21. The zero-order valence-electron chi connectivity index (χ0n) is 11.6. The number of rotatable bonds is 5. The zero-order chi connectivity index (χ0) is 13.9. The number of benzene rings is 1. The van der Waals surface area contributed by atoms with Crippen LogP contribution in [-0.4, -0.2) is 17.3 Å². The first-order valence-corrected chi connectivity index (χ1v) is 6.05. The lowest BCUT2D eigenvalue weighted by Gasteiger charge is -2.23. The topological polar surface area (TPSA) is 49.7 Å². The maximum Gasteiger partial charge on any atom is 0.125 e. The molecule has 0 aliphatic carbocycles. The normalized spacial score (nSPS) is 12.3. The summed E-state index contributed by atoms with van der Waals surface area (Å²) in [4.78, 5) is 0. The summed E-state index contributed by atoms with van der Waals surface area (Å²) >= 11 is 0. The molecule has 3 heteroatoms. The smallest absolute Gasteiger partial charge is 0.125 e. The maximum atomic E-state index is 10.2. The molecule has 0 fully saturated rings. The molecule has 100 valence electrons. The molecule has 0 spiro atoms. The Balaban J connectivity index is 3.56. The molecule has 0 saturated heterocycles. The van der Waals surface area contributed by atoms with E-state index < -0.39 is 6.10 Å². The Bertz CT molecular complexity index is 450. The van der Waals surface area contributed by atoms with E-state index in [0.717, 1.165) is 33.6 Å². The summed E-state index contributed by atoms with van der Waals surface area (Å²) < 4.78 is 5.41. The van der Waals surface area contributed by atoms with Crippen LogP contribution >= 0.6 is 0 Å². The van der Waals surface area contributed by atoms with Gasteiger partial charge in [0.1, 0.15) is 5.75 Å². The van der Waals surface area contributed by atoms with E-state index in [1.807, 2.05) is 20.8 Å². The van der Waals surface area contributed by atoms with Gasteiger partial charge in [0.2, 0.25) is 0 Å². The van der Waals surface area contributed by atoms with Crippen LogP contribution in [0.25, 0.3) is 0 Å². The van der Waals surface area contributed by atoms with Gasteiger partial charge in [-0.05, 0) is 55.0 Å². The number of aliphatic hydroxyl groups excluding tert-OH is 2. The molecular weight excluding hydrogens is 228 g/mol. The fourth-order valence-electron chi connectivity index (χ4n) is 2.47. The Kier molecular flexibility index (Phi) is 4.93. The highest BCUT2D eigenvalue weighted by atomic mass is 16.5. The van der Waals surface area contributed by atoms with E-state index in [4.69, 9.17) is 4.74 Å². The molecule has 0 amide bonds. The third-order valence-electron chi connectivity index (χ3n) is 3.51. The lowest BCUT2D eigenvalue weighted by Crippen LogP contribution is -2.10. The van der Waals surface area contributed by atoms with Gasteiger partial charge in [0.15, 0.2) is 0 Å². The molecular formula is C15H22O3. The quantitative estimate of drug-likeness (QED) is 0.790. The van der Waals surface area contributed by atoms with Crippen molar-refractivity contribution in [3.63, 3.8) is 0 Å². The van der Waals surface area contributed by atoms with Crippen molar-refractivity contribution in [2.24, 2.45) is 0 Å². The standard InChI is InChI=1S/C15H22O3/c1-6-7-13(17)14-11(4)15(18-5)10(3)9(2)12(14)8-16/h6,13,16-17H,1,7-8H2,2-5H3. The van der Waals surface area contributed by atoms with Gasteiger partial charge in [-0.1, -0.05) is 6.08 Å². The minimum absolute atomic E-state index is 0.0823. The first-order chi connectivity index (χ1) is 8.49. The van der Waals surface area contributed by atoms with Crippen LogP contribution in [0.15, 0.2) is 12.7 Å². The van der Waals surface area contributed by atoms with Crippen LogP contribution in [0.5, 0.6) is 5.75 Å². The van der Waals surface area contributed by atoms with Crippen molar-refractivity contribution in [1.82, 2.24) is 0 Å². The average Bonchev–Trinajstić information content (AvgIpc) is 2.34. The van der Waals surface area contributed by atoms with E-state index in [1.165, 1.54) is 0 Å². The van der Waals surface area contributed by atoms with Crippen molar-refractivity contribution in [3.05, 3.63) is 40.5 Å². The largest absolute Gasteiger partial charge is 0.496 e. The van der Waals surface area contributed by atoms with Gasteiger partial charge in [0.25, 0.3) is 0 Å². The SMILES string of the molecule is C=CCC(O)c1c(C)c(OC)c(C)c(C)c1CO. The first-order valence-electron chi connectivity index (χ1n) is 6.05. The van der Waals surface area contributed by atoms with Gasteiger partial charge in [-0.3, -0.25) is 0 Å². The van der Waals surface area contributed by atoms with Gasteiger partial charge in [-0.25, -0.2) is 0 Å². The maximum absolute atomic E-state index is 10.2. The predicted octanol–water partition coefficient (Wildman–Crippen LogP) is 2.72. The molecule has 0 saturated carbocycles. The highest BCUT2D eigenvalue weighted by Crippen LogP contribution is 2.37. The molecule has 3 nitrogen and oxygen atoms in total.